The first-order chi connectivity index (χ1) is 9.75. The minimum atomic E-state index is 0.0601. The summed E-state index contributed by atoms with van der Waals surface area (Å²) in [6.45, 7) is 4.11. The Hall–Kier alpha value is -1.81. The van der Waals surface area contributed by atoms with Gasteiger partial charge in [0.1, 0.15) is 0 Å². The molecule has 20 heavy (non-hydrogen) atoms. The molecular weight excluding hydrogens is 250 g/mol. The lowest BCUT2D eigenvalue weighted by atomic mass is 10.0. The Morgan fingerprint density at radius 2 is 1.90 bits per heavy atom. The van der Waals surface area contributed by atoms with Gasteiger partial charge in [0.15, 0.2) is 0 Å². The van der Waals surface area contributed by atoms with Crippen molar-refractivity contribution in [1.82, 2.24) is 15.1 Å². The van der Waals surface area contributed by atoms with Gasteiger partial charge in [-0.15, -0.1) is 0 Å². The molecule has 3 rings (SSSR count). The number of benzene rings is 1. The predicted molar refractivity (Wildman–Crippen MR) is 80.2 cm³/mol. The van der Waals surface area contributed by atoms with Crippen LogP contribution in [0.1, 0.15) is 35.7 Å². The highest BCUT2D eigenvalue weighted by molar-refractivity contribution is 5.27. The summed E-state index contributed by atoms with van der Waals surface area (Å²) in [7, 11) is 0. The lowest BCUT2D eigenvalue weighted by molar-refractivity contribution is 0.337. The van der Waals surface area contributed by atoms with Gasteiger partial charge in [-0.1, -0.05) is 30.3 Å². The van der Waals surface area contributed by atoms with E-state index in [4.69, 9.17) is 0 Å². The van der Waals surface area contributed by atoms with Gasteiger partial charge in [-0.05, 0) is 38.4 Å². The van der Waals surface area contributed by atoms with E-state index < -0.39 is 0 Å². The quantitative estimate of drug-likeness (QED) is 0.897. The molecule has 2 heterocycles. The van der Waals surface area contributed by atoms with Crippen LogP contribution < -0.4 is 10.9 Å². The topological polar surface area (TPSA) is 49.8 Å². The lowest BCUT2D eigenvalue weighted by Gasteiger charge is -2.24. The minimum absolute atomic E-state index is 0.0601. The van der Waals surface area contributed by atoms with Crippen molar-refractivity contribution in [2.75, 3.05) is 13.1 Å². The number of rotatable bonds is 3. The monoisotopic (exact) mass is 271 g/mol. The molecule has 4 nitrogen and oxygen atoms in total. The smallest absolute Gasteiger partial charge is 0.267 e. The summed E-state index contributed by atoms with van der Waals surface area (Å²) in [5.41, 5.74) is 3.23. The summed E-state index contributed by atoms with van der Waals surface area (Å²) in [6.07, 6.45) is 2.87. The Morgan fingerprint density at radius 1 is 1.20 bits per heavy atom. The zero-order valence-electron chi connectivity index (χ0n) is 11.9. The van der Waals surface area contributed by atoms with E-state index in [0.29, 0.717) is 12.5 Å². The number of aromatic amines is 1. The van der Waals surface area contributed by atoms with E-state index in [2.05, 4.69) is 34.2 Å². The SMILES string of the molecule is Cc1c(Cc2ccccc2)c(=O)[nH]n1C1CCNCC1. The molecule has 1 aliphatic heterocycles. The standard InChI is InChI=1S/C16H21N3O/c1-12-15(11-13-5-3-2-4-6-13)16(20)18-19(12)14-7-9-17-10-8-14/h2-6,14,17H,7-11H2,1H3,(H,18,20). The van der Waals surface area contributed by atoms with E-state index in [9.17, 15) is 4.79 Å². The van der Waals surface area contributed by atoms with Crippen LogP contribution in [0.4, 0.5) is 0 Å². The highest BCUT2D eigenvalue weighted by atomic mass is 16.1. The van der Waals surface area contributed by atoms with Crippen LogP contribution in [0.5, 0.6) is 0 Å². The summed E-state index contributed by atoms with van der Waals surface area (Å²) in [4.78, 5) is 12.2. The molecule has 1 aromatic heterocycles. The fraction of sp³-hybridized carbons (Fsp3) is 0.438. The number of H-pyrrole nitrogens is 1. The zero-order valence-corrected chi connectivity index (χ0v) is 11.9. The van der Waals surface area contributed by atoms with Crippen LogP contribution in [-0.4, -0.2) is 22.9 Å². The van der Waals surface area contributed by atoms with Gasteiger partial charge >= 0.3 is 0 Å². The molecule has 0 radical (unpaired) electrons. The molecule has 0 unspecified atom stereocenters. The van der Waals surface area contributed by atoms with Gasteiger partial charge in [-0.3, -0.25) is 14.6 Å². The number of nitrogens with zero attached hydrogens (tertiary/aromatic N) is 1. The zero-order chi connectivity index (χ0) is 13.9. The molecule has 0 spiro atoms. The minimum Gasteiger partial charge on any atom is -0.317 e. The van der Waals surface area contributed by atoms with Gasteiger partial charge in [-0.25, -0.2) is 0 Å². The third kappa shape index (κ3) is 2.56. The number of nitrogens with one attached hydrogen (secondary N) is 2. The highest BCUT2D eigenvalue weighted by Crippen LogP contribution is 2.20. The van der Waals surface area contributed by atoms with Gasteiger partial charge in [0.2, 0.25) is 0 Å². The fourth-order valence-electron chi connectivity index (χ4n) is 3.01. The van der Waals surface area contributed by atoms with Crippen molar-refractivity contribution in [2.24, 2.45) is 0 Å². The summed E-state index contributed by atoms with van der Waals surface area (Å²) in [5.74, 6) is 0. The second kappa shape index (κ2) is 5.67. The average Bonchev–Trinajstić information content (AvgIpc) is 2.77. The van der Waals surface area contributed by atoms with Crippen LogP contribution in [0, 0.1) is 6.92 Å². The molecule has 1 aromatic carbocycles. The third-order valence-corrected chi connectivity index (χ3v) is 4.19. The second-order valence-electron chi connectivity index (χ2n) is 5.52. The van der Waals surface area contributed by atoms with Gasteiger partial charge in [0.25, 0.3) is 5.56 Å². The van der Waals surface area contributed by atoms with Gasteiger partial charge < -0.3 is 5.32 Å². The molecule has 0 aliphatic carbocycles. The van der Waals surface area contributed by atoms with Gasteiger partial charge in [-0.2, -0.15) is 0 Å². The normalized spacial score (nSPS) is 16.4. The van der Waals surface area contributed by atoms with Crippen LogP contribution in [-0.2, 0) is 6.42 Å². The Kier molecular flexibility index (Phi) is 3.74. The summed E-state index contributed by atoms with van der Waals surface area (Å²) < 4.78 is 2.08. The fourth-order valence-corrected chi connectivity index (χ4v) is 3.01. The van der Waals surface area contributed by atoms with Crippen LogP contribution in [0.2, 0.25) is 0 Å². The van der Waals surface area contributed by atoms with Crippen molar-refractivity contribution in [3.63, 3.8) is 0 Å². The third-order valence-electron chi connectivity index (χ3n) is 4.19. The van der Waals surface area contributed by atoms with Crippen molar-refractivity contribution in [1.29, 1.82) is 0 Å². The summed E-state index contributed by atoms with van der Waals surface area (Å²) in [6, 6.07) is 10.6. The molecule has 1 aliphatic rings. The molecule has 2 aromatic rings. The maximum Gasteiger partial charge on any atom is 0.267 e. The molecule has 1 fully saturated rings. The van der Waals surface area contributed by atoms with Gasteiger partial charge in [0, 0.05) is 17.7 Å². The lowest BCUT2D eigenvalue weighted by Crippen LogP contribution is -2.30. The second-order valence-corrected chi connectivity index (χ2v) is 5.52. The molecule has 0 saturated carbocycles. The maximum atomic E-state index is 12.2. The number of piperidine rings is 1. The van der Waals surface area contributed by atoms with Crippen molar-refractivity contribution >= 4 is 0 Å². The average molecular weight is 271 g/mol. The molecule has 4 heteroatoms. The largest absolute Gasteiger partial charge is 0.317 e. The van der Waals surface area contributed by atoms with Crippen LogP contribution in [0.15, 0.2) is 35.1 Å². The Morgan fingerprint density at radius 3 is 2.60 bits per heavy atom. The first-order valence-electron chi connectivity index (χ1n) is 7.30. The van der Waals surface area contributed by atoms with E-state index in [1.807, 2.05) is 18.2 Å². The Labute approximate surface area is 118 Å². The molecule has 0 amide bonds. The van der Waals surface area contributed by atoms with E-state index in [-0.39, 0.29) is 5.56 Å². The van der Waals surface area contributed by atoms with Crippen LogP contribution in [0.25, 0.3) is 0 Å². The van der Waals surface area contributed by atoms with E-state index in [0.717, 1.165) is 37.2 Å². The van der Waals surface area contributed by atoms with E-state index in [1.165, 1.54) is 5.56 Å². The van der Waals surface area contributed by atoms with Crippen molar-refractivity contribution < 1.29 is 0 Å². The van der Waals surface area contributed by atoms with E-state index in [1.54, 1.807) is 0 Å². The predicted octanol–water partition coefficient (Wildman–Crippen LogP) is 2.00. The van der Waals surface area contributed by atoms with Crippen LogP contribution >= 0.6 is 0 Å². The molecule has 2 N–H and O–H groups in total. The summed E-state index contributed by atoms with van der Waals surface area (Å²) >= 11 is 0. The Balaban J connectivity index is 1.88. The molecule has 0 atom stereocenters. The number of hydrogen-bond donors (Lipinski definition) is 2. The van der Waals surface area contributed by atoms with Crippen molar-refractivity contribution in [3.05, 3.63) is 57.5 Å². The van der Waals surface area contributed by atoms with Gasteiger partial charge in [0.05, 0.1) is 6.04 Å². The van der Waals surface area contributed by atoms with E-state index >= 15 is 0 Å². The Bertz CT molecular complexity index is 621. The number of hydrogen-bond acceptors (Lipinski definition) is 2. The summed E-state index contributed by atoms with van der Waals surface area (Å²) in [5, 5.41) is 6.40. The number of aromatic nitrogens is 2. The first kappa shape index (κ1) is 13.2. The van der Waals surface area contributed by atoms with Crippen LogP contribution in [0.3, 0.4) is 0 Å². The molecule has 106 valence electrons. The molecule has 1 saturated heterocycles. The van der Waals surface area contributed by atoms with Crippen molar-refractivity contribution in [2.45, 2.75) is 32.2 Å². The van der Waals surface area contributed by atoms with Crippen molar-refractivity contribution in [3.8, 4) is 0 Å². The maximum absolute atomic E-state index is 12.2. The molecular formula is C16H21N3O. The highest BCUT2D eigenvalue weighted by Gasteiger charge is 2.20. The first-order valence-corrected chi connectivity index (χ1v) is 7.30. The molecule has 0 bridgehead atoms.